The van der Waals surface area contributed by atoms with Crippen LogP contribution in [-0.4, -0.2) is 12.6 Å². The summed E-state index contributed by atoms with van der Waals surface area (Å²) in [4.78, 5) is 0. The number of benzene rings is 1. The van der Waals surface area contributed by atoms with Crippen LogP contribution in [0.1, 0.15) is 5.56 Å². The monoisotopic (exact) mass is 227 g/mol. The van der Waals surface area contributed by atoms with E-state index in [1.807, 2.05) is 12.1 Å². The smallest absolute Gasteiger partial charge is 0.123 e. The molecule has 12 heavy (non-hydrogen) atoms. The van der Waals surface area contributed by atoms with Crippen molar-refractivity contribution >= 4 is 15.9 Å². The van der Waals surface area contributed by atoms with Gasteiger partial charge < -0.3 is 10.5 Å². The molecule has 0 aromatic heterocycles. The van der Waals surface area contributed by atoms with Crippen LogP contribution in [-0.2, 0) is 6.42 Å². The molecule has 2 nitrogen and oxygen atoms in total. The van der Waals surface area contributed by atoms with E-state index in [4.69, 9.17) is 10.5 Å². The van der Waals surface area contributed by atoms with Crippen LogP contribution in [0, 0.1) is 0 Å². The number of rotatable bonds is 0. The lowest BCUT2D eigenvalue weighted by Crippen LogP contribution is -2.33. The van der Waals surface area contributed by atoms with Crippen molar-refractivity contribution < 1.29 is 4.74 Å². The molecule has 0 saturated heterocycles. The molecule has 0 unspecified atom stereocenters. The molecule has 0 aliphatic carbocycles. The first-order valence-corrected chi connectivity index (χ1v) is 4.72. The Balaban J connectivity index is 2.37. The summed E-state index contributed by atoms with van der Waals surface area (Å²) >= 11 is 3.39. The van der Waals surface area contributed by atoms with Gasteiger partial charge >= 0.3 is 0 Å². The van der Waals surface area contributed by atoms with E-state index in [0.29, 0.717) is 6.61 Å². The van der Waals surface area contributed by atoms with E-state index in [1.54, 1.807) is 0 Å². The third kappa shape index (κ3) is 1.47. The summed E-state index contributed by atoms with van der Waals surface area (Å²) in [7, 11) is 0. The zero-order valence-corrected chi connectivity index (χ0v) is 8.17. The van der Waals surface area contributed by atoms with Crippen LogP contribution in [0.25, 0.3) is 0 Å². The molecule has 64 valence electrons. The summed E-state index contributed by atoms with van der Waals surface area (Å²) in [5, 5.41) is 0. The highest BCUT2D eigenvalue weighted by Crippen LogP contribution is 2.27. The third-order valence-electron chi connectivity index (χ3n) is 1.96. The fraction of sp³-hybridized carbons (Fsp3) is 0.333. The topological polar surface area (TPSA) is 35.2 Å². The summed E-state index contributed by atoms with van der Waals surface area (Å²) in [5.41, 5.74) is 6.96. The van der Waals surface area contributed by atoms with Crippen LogP contribution in [0.4, 0.5) is 0 Å². The van der Waals surface area contributed by atoms with Crippen molar-refractivity contribution in [3.8, 4) is 5.75 Å². The minimum absolute atomic E-state index is 0.152. The molecule has 1 aromatic rings. The molecular formula is C9H10BrNO. The Labute approximate surface area is 79.8 Å². The lowest BCUT2D eigenvalue weighted by Gasteiger charge is -2.22. The highest BCUT2D eigenvalue weighted by Gasteiger charge is 2.15. The molecule has 0 amide bonds. The largest absolute Gasteiger partial charge is 0.492 e. The number of nitrogens with two attached hydrogens (primary N) is 1. The van der Waals surface area contributed by atoms with Gasteiger partial charge in [0.2, 0.25) is 0 Å². The second-order valence-corrected chi connectivity index (χ2v) is 3.94. The SMILES string of the molecule is N[C@@H]1COc2cc(Br)ccc2C1. The van der Waals surface area contributed by atoms with Gasteiger partial charge in [0.25, 0.3) is 0 Å². The van der Waals surface area contributed by atoms with Gasteiger partial charge in [-0.15, -0.1) is 0 Å². The first-order chi connectivity index (χ1) is 5.75. The molecule has 1 aromatic carbocycles. The van der Waals surface area contributed by atoms with Gasteiger partial charge in [0.05, 0.1) is 0 Å². The van der Waals surface area contributed by atoms with Crippen molar-refractivity contribution in [1.29, 1.82) is 0 Å². The molecule has 0 spiro atoms. The predicted octanol–water partition coefficient (Wildman–Crippen LogP) is 1.71. The van der Waals surface area contributed by atoms with Gasteiger partial charge in [0, 0.05) is 10.5 Å². The standard InChI is InChI=1S/C9H10BrNO/c10-7-2-1-6-3-8(11)5-12-9(6)4-7/h1-2,4,8H,3,5,11H2/t8-/m0/s1. The molecule has 0 radical (unpaired) electrons. The van der Waals surface area contributed by atoms with E-state index in [-0.39, 0.29) is 6.04 Å². The lowest BCUT2D eigenvalue weighted by atomic mass is 10.0. The zero-order chi connectivity index (χ0) is 8.55. The molecule has 0 fully saturated rings. The van der Waals surface area contributed by atoms with Gasteiger partial charge in [-0.1, -0.05) is 22.0 Å². The van der Waals surface area contributed by atoms with Crippen LogP contribution in [0.3, 0.4) is 0 Å². The van der Waals surface area contributed by atoms with E-state index < -0.39 is 0 Å². The number of ether oxygens (including phenoxy) is 1. The molecule has 1 atom stereocenters. The van der Waals surface area contributed by atoms with Gasteiger partial charge in [-0.25, -0.2) is 0 Å². The molecule has 1 heterocycles. The van der Waals surface area contributed by atoms with E-state index >= 15 is 0 Å². The average Bonchev–Trinajstić information content (AvgIpc) is 2.05. The molecule has 0 saturated carbocycles. The predicted molar refractivity (Wildman–Crippen MR) is 51.3 cm³/mol. The quantitative estimate of drug-likeness (QED) is 0.733. The summed E-state index contributed by atoms with van der Waals surface area (Å²) in [6.07, 6.45) is 0.919. The first kappa shape index (κ1) is 8.08. The van der Waals surface area contributed by atoms with Crippen molar-refractivity contribution in [2.24, 2.45) is 5.73 Å². The van der Waals surface area contributed by atoms with Gasteiger partial charge in [0.15, 0.2) is 0 Å². The number of halogens is 1. The van der Waals surface area contributed by atoms with Crippen molar-refractivity contribution in [3.05, 3.63) is 28.2 Å². The van der Waals surface area contributed by atoms with Crippen molar-refractivity contribution in [3.63, 3.8) is 0 Å². The second-order valence-electron chi connectivity index (χ2n) is 3.03. The molecule has 0 bridgehead atoms. The molecule has 2 N–H and O–H groups in total. The van der Waals surface area contributed by atoms with Gasteiger partial charge in [-0.2, -0.15) is 0 Å². The maximum absolute atomic E-state index is 5.75. The minimum Gasteiger partial charge on any atom is -0.492 e. The van der Waals surface area contributed by atoms with E-state index in [1.165, 1.54) is 5.56 Å². The zero-order valence-electron chi connectivity index (χ0n) is 6.59. The fourth-order valence-electron chi connectivity index (χ4n) is 1.37. The fourth-order valence-corrected chi connectivity index (χ4v) is 1.71. The highest BCUT2D eigenvalue weighted by atomic mass is 79.9. The molecule has 1 aliphatic rings. The first-order valence-electron chi connectivity index (χ1n) is 3.92. The highest BCUT2D eigenvalue weighted by molar-refractivity contribution is 9.10. The molecular weight excluding hydrogens is 218 g/mol. The van der Waals surface area contributed by atoms with Gasteiger partial charge in [-0.05, 0) is 24.1 Å². The maximum atomic E-state index is 5.75. The van der Waals surface area contributed by atoms with E-state index in [2.05, 4.69) is 22.0 Å². The van der Waals surface area contributed by atoms with Crippen molar-refractivity contribution in [2.75, 3.05) is 6.61 Å². The molecule has 1 aliphatic heterocycles. The summed E-state index contributed by atoms with van der Waals surface area (Å²) in [5.74, 6) is 0.964. The Kier molecular flexibility index (Phi) is 2.07. The van der Waals surface area contributed by atoms with E-state index in [0.717, 1.165) is 16.6 Å². The second kappa shape index (κ2) is 3.07. The van der Waals surface area contributed by atoms with Gasteiger partial charge in [-0.3, -0.25) is 0 Å². The van der Waals surface area contributed by atoms with Crippen LogP contribution < -0.4 is 10.5 Å². The Morgan fingerprint density at radius 2 is 2.33 bits per heavy atom. The molecule has 2 rings (SSSR count). The number of hydrogen-bond donors (Lipinski definition) is 1. The Bertz CT molecular complexity index is 301. The normalized spacial score (nSPS) is 21.3. The Morgan fingerprint density at radius 3 is 3.17 bits per heavy atom. The van der Waals surface area contributed by atoms with Crippen molar-refractivity contribution in [1.82, 2.24) is 0 Å². The Hall–Kier alpha value is -0.540. The number of hydrogen-bond acceptors (Lipinski definition) is 2. The van der Waals surface area contributed by atoms with Crippen LogP contribution in [0.5, 0.6) is 5.75 Å². The minimum atomic E-state index is 0.152. The third-order valence-corrected chi connectivity index (χ3v) is 2.46. The maximum Gasteiger partial charge on any atom is 0.123 e. The van der Waals surface area contributed by atoms with Crippen LogP contribution in [0.2, 0.25) is 0 Å². The summed E-state index contributed by atoms with van der Waals surface area (Å²) in [6.45, 7) is 0.628. The van der Waals surface area contributed by atoms with Gasteiger partial charge in [0.1, 0.15) is 12.4 Å². The summed E-state index contributed by atoms with van der Waals surface area (Å²) in [6, 6.07) is 6.21. The van der Waals surface area contributed by atoms with Crippen LogP contribution in [0.15, 0.2) is 22.7 Å². The van der Waals surface area contributed by atoms with Crippen LogP contribution >= 0.6 is 15.9 Å². The molecule has 3 heteroatoms. The average molecular weight is 228 g/mol. The Morgan fingerprint density at radius 1 is 1.50 bits per heavy atom. The van der Waals surface area contributed by atoms with E-state index in [9.17, 15) is 0 Å². The number of fused-ring (bicyclic) bond motifs is 1. The summed E-state index contributed by atoms with van der Waals surface area (Å²) < 4.78 is 6.51. The van der Waals surface area contributed by atoms with Crippen molar-refractivity contribution in [2.45, 2.75) is 12.5 Å². The lowest BCUT2D eigenvalue weighted by molar-refractivity contribution is 0.263.